The lowest BCUT2D eigenvalue weighted by Crippen LogP contribution is -2.21. The molecule has 84 valence electrons. The third kappa shape index (κ3) is 2.58. The monoisotopic (exact) mass is 220 g/mol. The molecule has 1 aliphatic rings. The van der Waals surface area contributed by atoms with Crippen molar-refractivity contribution in [2.45, 2.75) is 18.9 Å². The number of nitrogens with one attached hydrogen (secondary N) is 2. The summed E-state index contributed by atoms with van der Waals surface area (Å²) in [5.41, 5.74) is -0.316. The molecule has 1 unspecified atom stereocenters. The Morgan fingerprint density at radius 3 is 3.31 bits per heavy atom. The molecule has 0 saturated carbocycles. The van der Waals surface area contributed by atoms with E-state index in [9.17, 15) is 4.79 Å². The molecule has 0 spiro atoms. The lowest BCUT2D eigenvalue weighted by molar-refractivity contribution is 0.120. The smallest absolute Gasteiger partial charge is 0.347 e. The van der Waals surface area contributed by atoms with Crippen molar-refractivity contribution < 1.29 is 4.74 Å². The number of aromatic amines is 1. The maximum absolute atomic E-state index is 11.1. The standard InChI is InChI=1S/C10H12N4O2/c11-5-7-4-9(14-10(15)13-7)12-6-8-2-1-3-16-8/h4,8H,1-3,6H2,(H2,12,13,14,15). The van der Waals surface area contributed by atoms with Crippen LogP contribution >= 0.6 is 0 Å². The Labute approximate surface area is 92.3 Å². The van der Waals surface area contributed by atoms with Gasteiger partial charge in [-0.25, -0.2) is 4.79 Å². The maximum atomic E-state index is 11.1. The van der Waals surface area contributed by atoms with Crippen LogP contribution in [0.4, 0.5) is 5.82 Å². The Hall–Kier alpha value is -1.87. The largest absolute Gasteiger partial charge is 0.376 e. The van der Waals surface area contributed by atoms with Crippen LogP contribution in [0, 0.1) is 11.3 Å². The van der Waals surface area contributed by atoms with E-state index >= 15 is 0 Å². The van der Waals surface area contributed by atoms with Crippen LogP contribution < -0.4 is 11.0 Å². The fourth-order valence-electron chi connectivity index (χ4n) is 1.63. The molecular formula is C10H12N4O2. The predicted molar refractivity (Wildman–Crippen MR) is 57.0 cm³/mol. The van der Waals surface area contributed by atoms with Crippen LogP contribution in [0.3, 0.4) is 0 Å². The van der Waals surface area contributed by atoms with E-state index in [0.717, 1.165) is 19.4 Å². The van der Waals surface area contributed by atoms with Gasteiger partial charge in [0.25, 0.3) is 0 Å². The lowest BCUT2D eigenvalue weighted by atomic mass is 10.2. The number of nitriles is 1. The number of rotatable bonds is 3. The summed E-state index contributed by atoms with van der Waals surface area (Å²) in [6, 6.07) is 3.38. The second kappa shape index (κ2) is 4.77. The maximum Gasteiger partial charge on any atom is 0.347 e. The van der Waals surface area contributed by atoms with Crippen molar-refractivity contribution in [1.82, 2.24) is 9.97 Å². The number of H-pyrrole nitrogens is 1. The average Bonchev–Trinajstić information content (AvgIpc) is 2.78. The summed E-state index contributed by atoms with van der Waals surface area (Å²) < 4.78 is 5.42. The molecule has 1 fully saturated rings. The van der Waals surface area contributed by atoms with E-state index in [4.69, 9.17) is 10.00 Å². The molecule has 1 atom stereocenters. The van der Waals surface area contributed by atoms with Crippen LogP contribution in [-0.2, 0) is 4.74 Å². The molecule has 1 aliphatic heterocycles. The van der Waals surface area contributed by atoms with Crippen molar-refractivity contribution in [3.63, 3.8) is 0 Å². The van der Waals surface area contributed by atoms with Crippen molar-refractivity contribution in [1.29, 1.82) is 5.26 Å². The van der Waals surface area contributed by atoms with E-state index < -0.39 is 5.69 Å². The summed E-state index contributed by atoms with van der Waals surface area (Å²) in [7, 11) is 0. The van der Waals surface area contributed by atoms with Crippen LogP contribution in [0.5, 0.6) is 0 Å². The fourth-order valence-corrected chi connectivity index (χ4v) is 1.63. The van der Waals surface area contributed by atoms with Gasteiger partial charge < -0.3 is 10.1 Å². The first-order chi connectivity index (χ1) is 7.78. The number of nitrogens with zero attached hydrogens (tertiary/aromatic N) is 2. The zero-order chi connectivity index (χ0) is 11.4. The number of anilines is 1. The summed E-state index contributed by atoms with van der Waals surface area (Å²) in [5, 5.41) is 11.7. The van der Waals surface area contributed by atoms with Gasteiger partial charge in [0, 0.05) is 19.2 Å². The molecule has 0 bridgehead atoms. The third-order valence-electron chi connectivity index (χ3n) is 2.40. The molecule has 6 heteroatoms. The molecule has 2 heterocycles. The van der Waals surface area contributed by atoms with E-state index in [-0.39, 0.29) is 11.8 Å². The van der Waals surface area contributed by atoms with Gasteiger partial charge in [0.15, 0.2) is 0 Å². The highest BCUT2D eigenvalue weighted by atomic mass is 16.5. The first-order valence-electron chi connectivity index (χ1n) is 5.15. The van der Waals surface area contributed by atoms with Gasteiger partial charge in [-0.3, -0.25) is 4.98 Å². The van der Waals surface area contributed by atoms with Crippen molar-refractivity contribution in [2.75, 3.05) is 18.5 Å². The normalized spacial score (nSPS) is 19.3. The number of hydrogen-bond donors (Lipinski definition) is 2. The van der Waals surface area contributed by atoms with Gasteiger partial charge in [0.2, 0.25) is 0 Å². The Bertz CT molecular complexity index is 457. The Morgan fingerprint density at radius 1 is 1.75 bits per heavy atom. The molecule has 0 aromatic carbocycles. The second-order valence-electron chi connectivity index (χ2n) is 3.61. The van der Waals surface area contributed by atoms with Crippen molar-refractivity contribution in [2.24, 2.45) is 0 Å². The second-order valence-corrected chi connectivity index (χ2v) is 3.61. The summed E-state index contributed by atoms with van der Waals surface area (Å²) in [4.78, 5) is 17.1. The molecule has 2 N–H and O–H groups in total. The zero-order valence-electron chi connectivity index (χ0n) is 8.69. The van der Waals surface area contributed by atoms with Gasteiger partial charge in [0.1, 0.15) is 17.6 Å². The number of hydrogen-bond acceptors (Lipinski definition) is 5. The Morgan fingerprint density at radius 2 is 2.62 bits per heavy atom. The molecule has 0 amide bonds. The first kappa shape index (κ1) is 10.6. The molecule has 1 aromatic rings. The first-order valence-corrected chi connectivity index (χ1v) is 5.15. The van der Waals surface area contributed by atoms with Crippen molar-refractivity contribution in [3.05, 3.63) is 22.2 Å². The van der Waals surface area contributed by atoms with Gasteiger partial charge in [0.05, 0.1) is 6.10 Å². The van der Waals surface area contributed by atoms with Crippen LogP contribution in [0.15, 0.2) is 10.9 Å². The Balaban J connectivity index is 2.01. The van der Waals surface area contributed by atoms with Gasteiger partial charge in [-0.15, -0.1) is 0 Å². The van der Waals surface area contributed by atoms with E-state index in [1.54, 1.807) is 0 Å². The van der Waals surface area contributed by atoms with Gasteiger partial charge >= 0.3 is 5.69 Å². The number of ether oxygens (including phenoxy) is 1. The van der Waals surface area contributed by atoms with Gasteiger partial charge in [-0.1, -0.05) is 0 Å². The minimum atomic E-state index is -0.520. The highest BCUT2D eigenvalue weighted by Gasteiger charge is 2.15. The zero-order valence-corrected chi connectivity index (χ0v) is 8.69. The molecule has 1 saturated heterocycles. The summed E-state index contributed by atoms with van der Waals surface area (Å²) in [6.45, 7) is 1.40. The van der Waals surface area contributed by atoms with Crippen LogP contribution in [0.1, 0.15) is 18.5 Å². The molecule has 2 rings (SSSR count). The lowest BCUT2D eigenvalue weighted by Gasteiger charge is -2.10. The minimum absolute atomic E-state index is 0.173. The molecule has 0 aliphatic carbocycles. The SMILES string of the molecule is N#Cc1cc(NCC2CCCO2)nc(=O)[nH]1. The van der Waals surface area contributed by atoms with E-state index in [1.165, 1.54) is 6.07 Å². The molecular weight excluding hydrogens is 208 g/mol. The van der Waals surface area contributed by atoms with Crippen LogP contribution in [0.2, 0.25) is 0 Å². The summed E-state index contributed by atoms with van der Waals surface area (Å²) in [6.07, 6.45) is 2.26. The van der Waals surface area contributed by atoms with E-state index in [0.29, 0.717) is 12.4 Å². The Kier molecular flexibility index (Phi) is 3.17. The quantitative estimate of drug-likeness (QED) is 0.761. The average molecular weight is 220 g/mol. The minimum Gasteiger partial charge on any atom is -0.376 e. The number of aromatic nitrogens is 2. The van der Waals surface area contributed by atoms with E-state index in [1.807, 2.05) is 6.07 Å². The fraction of sp³-hybridized carbons (Fsp3) is 0.500. The van der Waals surface area contributed by atoms with E-state index in [2.05, 4.69) is 15.3 Å². The van der Waals surface area contributed by atoms with Crippen molar-refractivity contribution >= 4 is 5.82 Å². The highest BCUT2D eigenvalue weighted by Crippen LogP contribution is 2.12. The third-order valence-corrected chi connectivity index (χ3v) is 2.40. The predicted octanol–water partition coefficient (Wildman–Crippen LogP) is 0.232. The summed E-state index contributed by atoms with van der Waals surface area (Å²) in [5.74, 6) is 0.413. The van der Waals surface area contributed by atoms with Crippen LogP contribution in [0.25, 0.3) is 0 Å². The van der Waals surface area contributed by atoms with Gasteiger partial charge in [-0.05, 0) is 12.8 Å². The topological polar surface area (TPSA) is 90.8 Å². The highest BCUT2D eigenvalue weighted by molar-refractivity contribution is 5.38. The summed E-state index contributed by atoms with van der Waals surface area (Å²) >= 11 is 0. The molecule has 1 aromatic heterocycles. The molecule has 0 radical (unpaired) electrons. The van der Waals surface area contributed by atoms with Crippen molar-refractivity contribution in [3.8, 4) is 6.07 Å². The van der Waals surface area contributed by atoms with Crippen LogP contribution in [-0.4, -0.2) is 29.2 Å². The van der Waals surface area contributed by atoms with Gasteiger partial charge in [-0.2, -0.15) is 10.2 Å². The molecule has 16 heavy (non-hydrogen) atoms. The molecule has 6 nitrogen and oxygen atoms in total.